The van der Waals surface area contributed by atoms with Crippen LogP contribution in [0.15, 0.2) is 65.7 Å². The van der Waals surface area contributed by atoms with E-state index in [0.29, 0.717) is 0 Å². The van der Waals surface area contributed by atoms with Gasteiger partial charge in [0.2, 0.25) is 5.78 Å². The van der Waals surface area contributed by atoms with E-state index in [1.165, 1.54) is 36.4 Å². The normalized spacial score (nSPS) is 11.2. The number of nitrogens with zero attached hydrogens (tertiary/aromatic N) is 4. The molecule has 198 valence electrons. The van der Waals surface area contributed by atoms with Crippen molar-refractivity contribution in [3.8, 4) is 0 Å². The number of aromatic nitrogens is 4. The molecule has 0 aliphatic carbocycles. The van der Waals surface area contributed by atoms with Gasteiger partial charge in [0.15, 0.2) is 0 Å². The first-order valence-corrected chi connectivity index (χ1v) is 11.8. The fourth-order valence-electron chi connectivity index (χ4n) is 3.62. The highest BCUT2D eigenvalue weighted by Crippen LogP contribution is 2.28. The summed E-state index contributed by atoms with van der Waals surface area (Å²) in [7, 11) is 0. The van der Waals surface area contributed by atoms with Gasteiger partial charge < -0.3 is 9.47 Å². The molecule has 0 unspecified atom stereocenters. The van der Waals surface area contributed by atoms with Gasteiger partial charge in [-0.25, -0.2) is 14.6 Å². The van der Waals surface area contributed by atoms with Crippen molar-refractivity contribution in [3.63, 3.8) is 0 Å². The topological polar surface area (TPSA) is 183 Å². The number of aromatic amines is 2. The molecule has 2 heterocycles. The standard InChI is InChI=1S/C26H22N6O7/c1-3-38-25(34)20-13-18(28-30-20)23(16-10-6-8-12-22(16)32(36)37)27-17-11-7-5-9-15(17)24(33)19-14-21(31-29-19)26(35)39-4-2/h5-14H,3-4H2,1-2H3,(H,28,30)(H,29,31). The van der Waals surface area contributed by atoms with Gasteiger partial charge in [0.1, 0.15) is 28.5 Å². The third-order valence-electron chi connectivity index (χ3n) is 5.36. The minimum absolute atomic E-state index is 0.00444. The summed E-state index contributed by atoms with van der Waals surface area (Å²) in [4.78, 5) is 53.4. The van der Waals surface area contributed by atoms with Crippen LogP contribution in [0.3, 0.4) is 0 Å². The molecular formula is C26H22N6O7. The highest BCUT2D eigenvalue weighted by Gasteiger charge is 2.25. The van der Waals surface area contributed by atoms with E-state index < -0.39 is 22.6 Å². The molecule has 0 bridgehead atoms. The molecule has 4 aromatic rings. The number of nitrogens with one attached hydrogen (secondary N) is 2. The predicted molar refractivity (Wildman–Crippen MR) is 137 cm³/mol. The second-order valence-electron chi connectivity index (χ2n) is 7.86. The largest absolute Gasteiger partial charge is 0.461 e. The Labute approximate surface area is 221 Å². The smallest absolute Gasteiger partial charge is 0.356 e. The number of aliphatic imine (C=N–C) groups is 1. The summed E-state index contributed by atoms with van der Waals surface area (Å²) < 4.78 is 9.92. The van der Waals surface area contributed by atoms with Gasteiger partial charge in [0.05, 0.1) is 29.4 Å². The highest BCUT2D eigenvalue weighted by atomic mass is 16.6. The summed E-state index contributed by atoms with van der Waals surface area (Å²) in [5, 5.41) is 24.9. The Morgan fingerprint density at radius 1 is 0.846 bits per heavy atom. The van der Waals surface area contributed by atoms with Crippen molar-refractivity contribution in [2.45, 2.75) is 13.8 Å². The van der Waals surface area contributed by atoms with Crippen LogP contribution in [0, 0.1) is 10.1 Å². The Bertz CT molecular complexity index is 1590. The van der Waals surface area contributed by atoms with Gasteiger partial charge in [-0.15, -0.1) is 0 Å². The van der Waals surface area contributed by atoms with E-state index in [2.05, 4.69) is 25.4 Å². The quantitative estimate of drug-likeness (QED) is 0.101. The second kappa shape index (κ2) is 11.7. The van der Waals surface area contributed by atoms with Crippen molar-refractivity contribution >= 4 is 34.8 Å². The first-order chi connectivity index (χ1) is 18.8. The number of para-hydroxylation sites is 2. The highest BCUT2D eigenvalue weighted by molar-refractivity contribution is 6.17. The third-order valence-corrected chi connectivity index (χ3v) is 5.36. The molecule has 0 radical (unpaired) electrons. The molecule has 0 aliphatic heterocycles. The molecule has 0 saturated carbocycles. The first-order valence-electron chi connectivity index (χ1n) is 11.8. The zero-order valence-corrected chi connectivity index (χ0v) is 20.8. The number of esters is 2. The van der Waals surface area contributed by atoms with Crippen molar-refractivity contribution in [2.75, 3.05) is 13.2 Å². The van der Waals surface area contributed by atoms with E-state index >= 15 is 0 Å². The van der Waals surface area contributed by atoms with Gasteiger partial charge in [-0.05, 0) is 32.0 Å². The predicted octanol–water partition coefficient (Wildman–Crippen LogP) is 3.79. The average Bonchev–Trinajstić information content (AvgIpc) is 3.63. The number of ketones is 1. The lowest BCUT2D eigenvalue weighted by Crippen LogP contribution is -2.09. The molecule has 0 aliphatic rings. The summed E-state index contributed by atoms with van der Waals surface area (Å²) in [6.07, 6.45) is 0. The number of rotatable bonds is 10. The molecule has 13 heteroatoms. The van der Waals surface area contributed by atoms with Gasteiger partial charge >= 0.3 is 11.9 Å². The van der Waals surface area contributed by atoms with Crippen molar-refractivity contribution < 1.29 is 28.8 Å². The van der Waals surface area contributed by atoms with Crippen molar-refractivity contribution in [2.24, 2.45) is 4.99 Å². The van der Waals surface area contributed by atoms with Crippen LogP contribution in [0.4, 0.5) is 11.4 Å². The van der Waals surface area contributed by atoms with E-state index in [1.807, 2.05) is 0 Å². The Morgan fingerprint density at radius 3 is 2.00 bits per heavy atom. The van der Waals surface area contributed by atoms with Gasteiger partial charge in [0, 0.05) is 23.8 Å². The third kappa shape index (κ3) is 5.77. The number of benzene rings is 2. The minimum atomic E-state index is -0.662. The average molecular weight is 530 g/mol. The van der Waals surface area contributed by atoms with Gasteiger partial charge in [-0.2, -0.15) is 10.2 Å². The summed E-state index contributed by atoms with van der Waals surface area (Å²) in [5.74, 6) is -1.88. The summed E-state index contributed by atoms with van der Waals surface area (Å²) in [6, 6.07) is 14.8. The molecule has 0 atom stereocenters. The van der Waals surface area contributed by atoms with Gasteiger partial charge in [-0.3, -0.25) is 25.1 Å². The Morgan fingerprint density at radius 2 is 1.38 bits per heavy atom. The molecule has 0 spiro atoms. The maximum atomic E-state index is 13.4. The second-order valence-corrected chi connectivity index (χ2v) is 7.86. The first kappa shape index (κ1) is 26.6. The molecule has 0 amide bonds. The van der Waals surface area contributed by atoms with Crippen LogP contribution >= 0.6 is 0 Å². The van der Waals surface area contributed by atoms with Crippen molar-refractivity contribution in [1.29, 1.82) is 0 Å². The fraction of sp³-hybridized carbons (Fsp3) is 0.154. The lowest BCUT2D eigenvalue weighted by molar-refractivity contribution is -0.385. The number of hydrogen-bond donors (Lipinski definition) is 2. The monoisotopic (exact) mass is 530 g/mol. The van der Waals surface area contributed by atoms with E-state index in [0.717, 1.165) is 0 Å². The molecule has 4 rings (SSSR count). The molecular weight excluding hydrogens is 508 g/mol. The lowest BCUT2D eigenvalue weighted by atomic mass is 10.0. The van der Waals surface area contributed by atoms with E-state index in [9.17, 15) is 24.5 Å². The van der Waals surface area contributed by atoms with Crippen LogP contribution < -0.4 is 0 Å². The fourth-order valence-corrected chi connectivity index (χ4v) is 3.62. The number of nitro groups is 1. The molecule has 2 aromatic carbocycles. The molecule has 13 nitrogen and oxygen atoms in total. The van der Waals surface area contributed by atoms with E-state index in [1.54, 1.807) is 38.1 Å². The molecule has 0 fully saturated rings. The zero-order chi connectivity index (χ0) is 27.9. The van der Waals surface area contributed by atoms with Crippen LogP contribution in [-0.2, 0) is 9.47 Å². The summed E-state index contributed by atoms with van der Waals surface area (Å²) in [6.45, 7) is 3.59. The maximum Gasteiger partial charge on any atom is 0.356 e. The Balaban J connectivity index is 1.84. The number of nitro benzene ring substituents is 1. The van der Waals surface area contributed by atoms with Gasteiger partial charge in [-0.1, -0.05) is 24.3 Å². The number of carbonyl (C=O) groups excluding carboxylic acids is 3. The van der Waals surface area contributed by atoms with E-state index in [4.69, 9.17) is 9.47 Å². The molecule has 0 saturated heterocycles. The van der Waals surface area contributed by atoms with Crippen molar-refractivity contribution in [1.82, 2.24) is 20.4 Å². The van der Waals surface area contributed by atoms with Gasteiger partial charge in [0.25, 0.3) is 5.69 Å². The number of carbonyl (C=O) groups is 3. The lowest BCUT2D eigenvalue weighted by Gasteiger charge is -2.08. The van der Waals surface area contributed by atoms with Crippen LogP contribution in [0.5, 0.6) is 0 Å². The van der Waals surface area contributed by atoms with E-state index in [-0.39, 0.29) is 64.2 Å². The molecule has 2 aromatic heterocycles. The SMILES string of the molecule is CCOC(=O)c1cc(C(=O)c2ccccc2N=C(c2cc(C(=O)OCC)[nH]n2)c2ccccc2[N+](=O)[O-])n[nH]1. The van der Waals surface area contributed by atoms with Crippen molar-refractivity contribution in [3.05, 3.63) is 105 Å². The number of ether oxygens (including phenoxy) is 2. The Hall–Kier alpha value is -5.46. The molecule has 39 heavy (non-hydrogen) atoms. The minimum Gasteiger partial charge on any atom is -0.461 e. The van der Waals surface area contributed by atoms with Crippen LogP contribution in [0.1, 0.15) is 62.1 Å². The van der Waals surface area contributed by atoms with Crippen LogP contribution in [0.25, 0.3) is 0 Å². The van der Waals surface area contributed by atoms with Crippen LogP contribution in [0.2, 0.25) is 0 Å². The maximum absolute atomic E-state index is 13.4. The number of hydrogen-bond acceptors (Lipinski definition) is 10. The zero-order valence-electron chi connectivity index (χ0n) is 20.8. The molecule has 2 N–H and O–H groups in total. The Kier molecular flexibility index (Phi) is 8.00. The summed E-state index contributed by atoms with van der Waals surface area (Å²) in [5.41, 5.74) is 0.215. The van der Waals surface area contributed by atoms with Crippen LogP contribution in [-0.4, -0.2) is 62.0 Å². The summed E-state index contributed by atoms with van der Waals surface area (Å²) >= 11 is 0. The number of H-pyrrole nitrogens is 2.